The van der Waals surface area contributed by atoms with E-state index in [0.717, 1.165) is 17.8 Å². The largest absolute Gasteiger partial charge is 0.416 e. The minimum atomic E-state index is -4.57. The van der Waals surface area contributed by atoms with Crippen molar-refractivity contribution in [3.8, 4) is 11.5 Å². The van der Waals surface area contributed by atoms with Crippen molar-refractivity contribution < 1.29 is 22.4 Å². The van der Waals surface area contributed by atoms with Crippen LogP contribution in [0.3, 0.4) is 0 Å². The van der Waals surface area contributed by atoms with E-state index in [1.165, 1.54) is 6.07 Å². The Bertz CT molecular complexity index is 1350. The molecule has 8 nitrogen and oxygen atoms in total. The number of benzene rings is 2. The number of aromatic nitrogens is 3. The van der Waals surface area contributed by atoms with Crippen LogP contribution in [0.4, 0.5) is 24.5 Å². The SMILES string of the molecule is O=C(Nc1cc(C(F)(F)F)ccc1N1CCN(Cc2ccccn2)CC1)c1nnc(-c2ccccc2)o1. The van der Waals surface area contributed by atoms with Gasteiger partial charge in [-0.2, -0.15) is 13.2 Å². The summed E-state index contributed by atoms with van der Waals surface area (Å²) in [5.74, 6) is -0.995. The summed E-state index contributed by atoms with van der Waals surface area (Å²) >= 11 is 0. The molecule has 3 heterocycles. The molecule has 11 heteroatoms. The first-order valence-electron chi connectivity index (χ1n) is 11.7. The molecular formula is C26H23F3N6O2. The average molecular weight is 509 g/mol. The Morgan fingerprint density at radius 1 is 0.946 bits per heavy atom. The van der Waals surface area contributed by atoms with Crippen LogP contribution in [0.15, 0.2) is 77.3 Å². The average Bonchev–Trinajstić information content (AvgIpc) is 3.41. The summed E-state index contributed by atoms with van der Waals surface area (Å²) in [6.45, 7) is 3.20. The predicted molar refractivity (Wildman–Crippen MR) is 131 cm³/mol. The molecule has 1 fully saturated rings. The van der Waals surface area contributed by atoms with E-state index in [0.29, 0.717) is 44.0 Å². The van der Waals surface area contributed by atoms with Gasteiger partial charge in [0.05, 0.1) is 22.6 Å². The van der Waals surface area contributed by atoms with E-state index in [-0.39, 0.29) is 17.5 Å². The Balaban J connectivity index is 1.34. The van der Waals surface area contributed by atoms with Gasteiger partial charge in [0.25, 0.3) is 0 Å². The first-order valence-corrected chi connectivity index (χ1v) is 11.7. The summed E-state index contributed by atoms with van der Waals surface area (Å²) in [4.78, 5) is 21.4. The highest BCUT2D eigenvalue weighted by molar-refractivity contribution is 6.03. The molecule has 2 aromatic heterocycles. The lowest BCUT2D eigenvalue weighted by atomic mass is 10.1. The molecule has 0 atom stereocenters. The molecule has 0 radical (unpaired) electrons. The van der Waals surface area contributed by atoms with E-state index in [9.17, 15) is 18.0 Å². The van der Waals surface area contributed by atoms with Crippen molar-refractivity contribution in [1.29, 1.82) is 0 Å². The number of rotatable bonds is 6. The van der Waals surface area contributed by atoms with Crippen molar-refractivity contribution >= 4 is 17.3 Å². The lowest BCUT2D eigenvalue weighted by Gasteiger charge is -2.37. The summed E-state index contributed by atoms with van der Waals surface area (Å²) in [5.41, 5.74) is 1.22. The lowest BCUT2D eigenvalue weighted by molar-refractivity contribution is -0.137. The van der Waals surface area contributed by atoms with Gasteiger partial charge >= 0.3 is 18.0 Å². The Morgan fingerprint density at radius 2 is 1.70 bits per heavy atom. The summed E-state index contributed by atoms with van der Waals surface area (Å²) in [6, 6.07) is 18.0. The maximum Gasteiger partial charge on any atom is 0.416 e. The molecule has 5 rings (SSSR count). The molecule has 2 aromatic carbocycles. The molecule has 4 aromatic rings. The van der Waals surface area contributed by atoms with Crippen molar-refractivity contribution in [2.24, 2.45) is 0 Å². The van der Waals surface area contributed by atoms with Gasteiger partial charge in [0.1, 0.15) is 0 Å². The van der Waals surface area contributed by atoms with Crippen LogP contribution in [0, 0.1) is 0 Å². The smallest absolute Gasteiger partial charge is 0.412 e. The Labute approximate surface area is 210 Å². The number of carbonyl (C=O) groups excluding carboxylic acids is 1. The number of hydrogen-bond acceptors (Lipinski definition) is 7. The number of piperazine rings is 1. The van der Waals surface area contributed by atoms with Crippen LogP contribution in [0.25, 0.3) is 11.5 Å². The molecule has 0 unspecified atom stereocenters. The standard InChI is InChI=1S/C26H23F3N6O2/c27-26(28,29)19-9-10-22(35-14-12-34(13-15-35)17-20-8-4-5-11-30-20)21(16-19)31-23(36)25-33-32-24(37-25)18-6-2-1-3-7-18/h1-11,16H,12-15,17H2,(H,31,36). The Kier molecular flexibility index (Phi) is 6.87. The number of alkyl halides is 3. The molecule has 1 N–H and O–H groups in total. The topological polar surface area (TPSA) is 87.4 Å². The highest BCUT2D eigenvalue weighted by Gasteiger charge is 2.32. The molecule has 0 saturated carbocycles. The quantitative estimate of drug-likeness (QED) is 0.403. The molecule has 0 aliphatic carbocycles. The Morgan fingerprint density at radius 3 is 2.41 bits per heavy atom. The molecule has 0 bridgehead atoms. The van der Waals surface area contributed by atoms with Crippen molar-refractivity contribution in [3.63, 3.8) is 0 Å². The molecule has 1 amide bonds. The highest BCUT2D eigenvalue weighted by atomic mass is 19.4. The fraction of sp³-hybridized carbons (Fsp3) is 0.231. The minimum Gasteiger partial charge on any atom is -0.412 e. The summed E-state index contributed by atoms with van der Waals surface area (Å²) < 4.78 is 45.9. The van der Waals surface area contributed by atoms with Gasteiger partial charge in [-0.3, -0.25) is 14.7 Å². The number of pyridine rings is 1. The van der Waals surface area contributed by atoms with Gasteiger partial charge in [-0.05, 0) is 42.5 Å². The molecule has 1 aliphatic rings. The zero-order valence-electron chi connectivity index (χ0n) is 19.7. The van der Waals surface area contributed by atoms with Crippen LogP contribution in [0.2, 0.25) is 0 Å². The molecule has 0 spiro atoms. The molecule has 37 heavy (non-hydrogen) atoms. The van der Waals surface area contributed by atoms with E-state index in [1.807, 2.05) is 29.2 Å². The number of hydrogen-bond donors (Lipinski definition) is 1. The van der Waals surface area contributed by atoms with E-state index < -0.39 is 17.6 Å². The van der Waals surface area contributed by atoms with Crippen molar-refractivity contribution in [3.05, 3.63) is 90.1 Å². The van der Waals surface area contributed by atoms with Crippen LogP contribution in [0.5, 0.6) is 0 Å². The van der Waals surface area contributed by atoms with Crippen molar-refractivity contribution in [2.45, 2.75) is 12.7 Å². The van der Waals surface area contributed by atoms with Crippen LogP contribution in [-0.4, -0.2) is 52.2 Å². The number of halogens is 3. The minimum absolute atomic E-state index is 0.0254. The maximum absolute atomic E-state index is 13.5. The third-order valence-corrected chi connectivity index (χ3v) is 6.04. The number of nitrogens with zero attached hydrogens (tertiary/aromatic N) is 5. The van der Waals surface area contributed by atoms with Gasteiger partial charge in [0.2, 0.25) is 5.89 Å². The second kappa shape index (κ2) is 10.4. The fourth-order valence-electron chi connectivity index (χ4n) is 4.14. The first kappa shape index (κ1) is 24.4. The first-order chi connectivity index (χ1) is 17.9. The van der Waals surface area contributed by atoms with E-state index >= 15 is 0 Å². The van der Waals surface area contributed by atoms with Crippen LogP contribution >= 0.6 is 0 Å². The van der Waals surface area contributed by atoms with E-state index in [2.05, 4.69) is 25.4 Å². The number of nitrogens with one attached hydrogen (secondary N) is 1. The number of carbonyl (C=O) groups is 1. The second-order valence-electron chi connectivity index (χ2n) is 8.55. The molecule has 1 aliphatic heterocycles. The fourth-order valence-corrected chi connectivity index (χ4v) is 4.14. The zero-order valence-corrected chi connectivity index (χ0v) is 19.7. The van der Waals surface area contributed by atoms with Crippen molar-refractivity contribution in [2.75, 3.05) is 36.4 Å². The number of anilines is 2. The third kappa shape index (κ3) is 5.78. The zero-order chi connectivity index (χ0) is 25.8. The van der Waals surface area contributed by atoms with Gasteiger partial charge in [-0.25, -0.2) is 0 Å². The van der Waals surface area contributed by atoms with Gasteiger partial charge in [-0.15, -0.1) is 10.2 Å². The Hall–Kier alpha value is -4.25. The maximum atomic E-state index is 13.5. The second-order valence-corrected chi connectivity index (χ2v) is 8.55. The summed E-state index contributed by atoms with van der Waals surface area (Å²) in [6.07, 6.45) is -2.82. The van der Waals surface area contributed by atoms with Gasteiger partial charge in [0.15, 0.2) is 0 Å². The molecular weight excluding hydrogens is 485 g/mol. The monoisotopic (exact) mass is 508 g/mol. The highest BCUT2D eigenvalue weighted by Crippen LogP contribution is 2.36. The molecule has 1 saturated heterocycles. The van der Waals surface area contributed by atoms with Crippen molar-refractivity contribution in [1.82, 2.24) is 20.1 Å². The van der Waals surface area contributed by atoms with Gasteiger partial charge in [-0.1, -0.05) is 24.3 Å². The van der Waals surface area contributed by atoms with Crippen LogP contribution in [-0.2, 0) is 12.7 Å². The van der Waals surface area contributed by atoms with Gasteiger partial charge in [0, 0.05) is 44.5 Å². The molecule has 190 valence electrons. The lowest BCUT2D eigenvalue weighted by Crippen LogP contribution is -2.46. The summed E-state index contributed by atoms with van der Waals surface area (Å²) in [7, 11) is 0. The predicted octanol–water partition coefficient (Wildman–Crippen LogP) is 4.72. The van der Waals surface area contributed by atoms with Crippen LogP contribution < -0.4 is 10.2 Å². The van der Waals surface area contributed by atoms with Gasteiger partial charge < -0.3 is 14.6 Å². The van der Waals surface area contributed by atoms with Crippen LogP contribution in [0.1, 0.15) is 21.9 Å². The normalized spacial score (nSPS) is 14.5. The van der Waals surface area contributed by atoms with E-state index in [1.54, 1.807) is 30.5 Å². The van der Waals surface area contributed by atoms with E-state index in [4.69, 9.17) is 4.42 Å². The summed E-state index contributed by atoms with van der Waals surface area (Å²) in [5, 5.41) is 10.2. The third-order valence-electron chi connectivity index (χ3n) is 6.04. The number of amides is 1.